The second kappa shape index (κ2) is 6.27. The van der Waals surface area contributed by atoms with Gasteiger partial charge in [-0.3, -0.25) is 10.1 Å². The second-order valence-corrected chi connectivity index (χ2v) is 4.48. The fourth-order valence-corrected chi connectivity index (χ4v) is 1.71. The van der Waals surface area contributed by atoms with E-state index in [2.05, 4.69) is 0 Å². The largest absolute Gasteiger partial charge is 0.341 e. The molecule has 1 radical (unpaired) electrons. The number of hydrogen-bond donors (Lipinski definition) is 0. The van der Waals surface area contributed by atoms with Gasteiger partial charge in [0.15, 0.2) is 0 Å². The molecule has 0 spiro atoms. The zero-order valence-corrected chi connectivity index (χ0v) is 11.0. The summed E-state index contributed by atoms with van der Waals surface area (Å²) in [4.78, 5) is 10.0. The SMILES string of the molecule is Cc1ccc(COC([O])c2ccc([N+](=O)[O-])cc2)cc1. The van der Waals surface area contributed by atoms with E-state index in [9.17, 15) is 15.2 Å². The van der Waals surface area contributed by atoms with E-state index in [0.29, 0.717) is 5.56 Å². The molecule has 0 amide bonds. The van der Waals surface area contributed by atoms with E-state index in [1.54, 1.807) is 0 Å². The molecular formula is C15H14NO4. The summed E-state index contributed by atoms with van der Waals surface area (Å²) in [6.45, 7) is 2.20. The molecule has 0 saturated carbocycles. The minimum Gasteiger partial charge on any atom is -0.341 e. The summed E-state index contributed by atoms with van der Waals surface area (Å²) in [5.74, 6) is 0. The molecule has 2 aromatic carbocycles. The first-order valence-electron chi connectivity index (χ1n) is 6.13. The third-order valence-corrected chi connectivity index (χ3v) is 2.90. The summed E-state index contributed by atoms with van der Waals surface area (Å²) in [6.07, 6.45) is -1.35. The van der Waals surface area contributed by atoms with Crippen LogP contribution in [-0.4, -0.2) is 4.92 Å². The van der Waals surface area contributed by atoms with Gasteiger partial charge in [0.1, 0.15) is 0 Å². The number of ether oxygens (including phenoxy) is 1. The molecule has 103 valence electrons. The number of hydrogen-bond acceptors (Lipinski definition) is 3. The zero-order chi connectivity index (χ0) is 14.5. The number of nitrogens with zero attached hydrogens (tertiary/aromatic N) is 1. The molecule has 1 unspecified atom stereocenters. The molecule has 0 N–H and O–H groups in total. The normalized spacial score (nSPS) is 12.1. The average molecular weight is 272 g/mol. The number of nitro benzene ring substituents is 1. The van der Waals surface area contributed by atoms with E-state index in [0.717, 1.165) is 11.1 Å². The Balaban J connectivity index is 1.95. The molecule has 0 aromatic heterocycles. The third-order valence-electron chi connectivity index (χ3n) is 2.90. The predicted octanol–water partition coefficient (Wildman–Crippen LogP) is 3.55. The van der Waals surface area contributed by atoms with Crippen molar-refractivity contribution in [3.8, 4) is 0 Å². The van der Waals surface area contributed by atoms with Crippen molar-refractivity contribution in [3.05, 3.63) is 75.3 Å². The summed E-state index contributed by atoms with van der Waals surface area (Å²) >= 11 is 0. The predicted molar refractivity (Wildman–Crippen MR) is 72.5 cm³/mol. The average Bonchev–Trinajstić information content (AvgIpc) is 2.46. The van der Waals surface area contributed by atoms with Crippen LogP contribution in [0.5, 0.6) is 0 Å². The zero-order valence-electron chi connectivity index (χ0n) is 11.0. The highest BCUT2D eigenvalue weighted by atomic mass is 16.6. The minimum atomic E-state index is -1.35. The Hall–Kier alpha value is -2.24. The molecule has 5 heteroatoms. The van der Waals surface area contributed by atoms with Gasteiger partial charge in [0.25, 0.3) is 5.69 Å². The van der Waals surface area contributed by atoms with Crippen LogP contribution in [0, 0.1) is 17.0 Å². The molecular weight excluding hydrogens is 258 g/mol. The number of nitro groups is 1. The van der Waals surface area contributed by atoms with Crippen LogP contribution in [0.4, 0.5) is 5.69 Å². The number of rotatable bonds is 5. The van der Waals surface area contributed by atoms with Gasteiger partial charge in [0, 0.05) is 17.7 Å². The Morgan fingerprint density at radius 3 is 2.25 bits per heavy atom. The van der Waals surface area contributed by atoms with Gasteiger partial charge in [0.2, 0.25) is 6.29 Å². The van der Waals surface area contributed by atoms with E-state index in [-0.39, 0.29) is 12.3 Å². The van der Waals surface area contributed by atoms with Crippen molar-refractivity contribution >= 4 is 5.69 Å². The van der Waals surface area contributed by atoms with E-state index in [1.807, 2.05) is 31.2 Å². The Morgan fingerprint density at radius 2 is 1.70 bits per heavy atom. The topological polar surface area (TPSA) is 72.3 Å². The van der Waals surface area contributed by atoms with Gasteiger partial charge in [-0.15, -0.1) is 0 Å². The molecule has 0 aliphatic carbocycles. The Kier molecular flexibility index (Phi) is 4.45. The monoisotopic (exact) mass is 272 g/mol. The molecule has 0 heterocycles. The van der Waals surface area contributed by atoms with Crippen LogP contribution < -0.4 is 0 Å². The summed E-state index contributed by atoms with van der Waals surface area (Å²) < 4.78 is 5.23. The van der Waals surface area contributed by atoms with Crippen LogP contribution in [0.25, 0.3) is 0 Å². The lowest BCUT2D eigenvalue weighted by molar-refractivity contribution is -0.384. The third kappa shape index (κ3) is 3.63. The summed E-state index contributed by atoms with van der Waals surface area (Å²) in [5.41, 5.74) is 2.39. The van der Waals surface area contributed by atoms with Crippen LogP contribution in [0.2, 0.25) is 0 Å². The smallest absolute Gasteiger partial charge is 0.269 e. The fourth-order valence-electron chi connectivity index (χ4n) is 1.71. The van der Waals surface area contributed by atoms with Gasteiger partial charge >= 0.3 is 0 Å². The Morgan fingerprint density at radius 1 is 1.10 bits per heavy atom. The van der Waals surface area contributed by atoms with E-state index in [1.165, 1.54) is 24.3 Å². The van der Waals surface area contributed by atoms with Gasteiger partial charge < -0.3 is 4.74 Å². The van der Waals surface area contributed by atoms with Crippen LogP contribution >= 0.6 is 0 Å². The molecule has 0 aliphatic heterocycles. The molecule has 0 bridgehead atoms. The number of non-ortho nitro benzene ring substituents is 1. The molecule has 5 nitrogen and oxygen atoms in total. The van der Waals surface area contributed by atoms with Crippen molar-refractivity contribution in [2.24, 2.45) is 0 Å². The van der Waals surface area contributed by atoms with Crippen molar-refractivity contribution in [1.29, 1.82) is 0 Å². The maximum Gasteiger partial charge on any atom is 0.269 e. The maximum absolute atomic E-state index is 11.9. The van der Waals surface area contributed by atoms with Gasteiger partial charge in [0.05, 0.1) is 11.5 Å². The summed E-state index contributed by atoms with van der Waals surface area (Å²) in [7, 11) is 0. The van der Waals surface area contributed by atoms with Gasteiger partial charge in [-0.1, -0.05) is 29.8 Å². The van der Waals surface area contributed by atoms with Crippen molar-refractivity contribution in [2.45, 2.75) is 19.8 Å². The fraction of sp³-hybridized carbons (Fsp3) is 0.200. The van der Waals surface area contributed by atoms with Crippen LogP contribution in [-0.2, 0) is 16.5 Å². The molecule has 1 atom stereocenters. The number of aryl methyl sites for hydroxylation is 1. The highest BCUT2D eigenvalue weighted by Crippen LogP contribution is 2.20. The lowest BCUT2D eigenvalue weighted by Crippen LogP contribution is -2.02. The molecule has 0 aliphatic rings. The maximum atomic E-state index is 11.9. The first-order valence-corrected chi connectivity index (χ1v) is 6.13. The second-order valence-electron chi connectivity index (χ2n) is 4.48. The van der Waals surface area contributed by atoms with Crippen molar-refractivity contribution in [1.82, 2.24) is 0 Å². The van der Waals surface area contributed by atoms with Gasteiger partial charge in [-0.25, -0.2) is 0 Å². The highest BCUT2D eigenvalue weighted by Gasteiger charge is 2.12. The lowest BCUT2D eigenvalue weighted by Gasteiger charge is -2.10. The van der Waals surface area contributed by atoms with E-state index in [4.69, 9.17) is 4.74 Å². The van der Waals surface area contributed by atoms with Crippen LogP contribution in [0.3, 0.4) is 0 Å². The first-order chi connectivity index (χ1) is 9.56. The lowest BCUT2D eigenvalue weighted by atomic mass is 10.1. The number of benzene rings is 2. The molecule has 0 saturated heterocycles. The molecule has 20 heavy (non-hydrogen) atoms. The highest BCUT2D eigenvalue weighted by molar-refractivity contribution is 5.33. The van der Waals surface area contributed by atoms with Gasteiger partial charge in [-0.05, 0) is 24.6 Å². The molecule has 0 fully saturated rings. The standard InChI is InChI=1S/C15H14NO4/c1-11-2-4-12(5-3-11)10-20-15(17)13-6-8-14(9-7-13)16(18)19/h2-9,15H,10H2,1H3. The van der Waals surface area contributed by atoms with Gasteiger partial charge in [-0.2, -0.15) is 5.11 Å². The van der Waals surface area contributed by atoms with Crippen molar-refractivity contribution in [3.63, 3.8) is 0 Å². The molecule has 2 aromatic rings. The quantitative estimate of drug-likeness (QED) is 0.474. The van der Waals surface area contributed by atoms with E-state index >= 15 is 0 Å². The Bertz CT molecular complexity index is 578. The van der Waals surface area contributed by atoms with Crippen LogP contribution in [0.1, 0.15) is 23.0 Å². The summed E-state index contributed by atoms with van der Waals surface area (Å²) in [6, 6.07) is 13.1. The Labute approximate surface area is 116 Å². The van der Waals surface area contributed by atoms with Crippen molar-refractivity contribution in [2.75, 3.05) is 0 Å². The minimum absolute atomic E-state index is 0.0421. The molecule has 2 rings (SSSR count). The first kappa shape index (κ1) is 14.2. The summed E-state index contributed by atoms with van der Waals surface area (Å²) in [5, 5.41) is 22.4. The van der Waals surface area contributed by atoms with Crippen molar-refractivity contribution < 1.29 is 14.8 Å². The van der Waals surface area contributed by atoms with E-state index < -0.39 is 11.2 Å². The van der Waals surface area contributed by atoms with Crippen LogP contribution in [0.15, 0.2) is 48.5 Å².